The molecule has 1 aliphatic carbocycles. The summed E-state index contributed by atoms with van der Waals surface area (Å²) < 4.78 is 30.2. The molecular weight excluding hydrogens is 452 g/mol. The minimum absolute atomic E-state index is 0.0341. The third kappa shape index (κ3) is 5.10. The number of H-pyrrole nitrogens is 1. The van der Waals surface area contributed by atoms with E-state index in [9.17, 15) is 18.4 Å². The molecule has 0 bridgehead atoms. The molecule has 0 aromatic carbocycles. The van der Waals surface area contributed by atoms with Gasteiger partial charge in [0.25, 0.3) is 5.56 Å². The summed E-state index contributed by atoms with van der Waals surface area (Å²) in [4.78, 5) is 29.0. The second-order valence-electron chi connectivity index (χ2n) is 10.6. The molecule has 0 unspecified atom stereocenters. The molecule has 2 fully saturated rings. The van der Waals surface area contributed by atoms with E-state index in [0.717, 1.165) is 37.9 Å². The van der Waals surface area contributed by atoms with Crippen LogP contribution in [-0.4, -0.2) is 49.1 Å². The van der Waals surface area contributed by atoms with Crippen LogP contribution in [-0.2, 0) is 6.42 Å². The van der Waals surface area contributed by atoms with E-state index in [1.807, 2.05) is 6.20 Å². The van der Waals surface area contributed by atoms with Crippen LogP contribution in [0, 0.1) is 18.8 Å². The van der Waals surface area contributed by atoms with E-state index in [1.54, 1.807) is 23.8 Å². The van der Waals surface area contributed by atoms with Gasteiger partial charge in [-0.15, -0.1) is 0 Å². The molecule has 1 saturated carbocycles. The number of hydrogen-bond donors (Lipinski definition) is 1. The Morgan fingerprint density at radius 3 is 2.69 bits per heavy atom. The van der Waals surface area contributed by atoms with Gasteiger partial charge < -0.3 is 4.90 Å². The van der Waals surface area contributed by atoms with Crippen molar-refractivity contribution < 1.29 is 8.78 Å². The van der Waals surface area contributed by atoms with Gasteiger partial charge in [-0.3, -0.25) is 14.3 Å². The number of nitrogens with zero attached hydrogens (tertiary/aromatic N) is 4. The van der Waals surface area contributed by atoms with Crippen LogP contribution in [0.3, 0.4) is 0 Å². The lowest BCUT2D eigenvalue weighted by molar-refractivity contribution is -0.0512. The van der Waals surface area contributed by atoms with Crippen LogP contribution in [0.15, 0.2) is 40.3 Å². The highest BCUT2D eigenvalue weighted by molar-refractivity contribution is 5.64. The molecule has 7 nitrogen and oxygen atoms in total. The number of alkyl halides is 2. The molecule has 0 amide bonds. The van der Waals surface area contributed by atoms with Crippen LogP contribution in [0.25, 0.3) is 11.2 Å². The Balaban J connectivity index is 1.26. The number of likely N-dealkylation sites (tertiary alicyclic amines) is 1. The molecule has 188 valence electrons. The van der Waals surface area contributed by atoms with Gasteiger partial charge in [0.1, 0.15) is 0 Å². The molecule has 3 aromatic heterocycles. The van der Waals surface area contributed by atoms with Crippen molar-refractivity contribution in [3.8, 4) is 5.69 Å². The second-order valence-corrected chi connectivity index (χ2v) is 10.6. The van der Waals surface area contributed by atoms with E-state index >= 15 is 0 Å². The Morgan fingerprint density at radius 2 is 1.94 bits per heavy atom. The summed E-state index contributed by atoms with van der Waals surface area (Å²) in [6.07, 6.45) is 9.54. The number of fused-ring (bicyclic) bond motifs is 1. The molecule has 2 atom stereocenters. The minimum atomic E-state index is -2.46. The lowest BCUT2D eigenvalue weighted by Crippen LogP contribution is -2.44. The first-order chi connectivity index (χ1) is 16.7. The van der Waals surface area contributed by atoms with Crippen LogP contribution >= 0.6 is 0 Å². The molecule has 3 aromatic rings. The van der Waals surface area contributed by atoms with Crippen LogP contribution in [0.5, 0.6) is 0 Å². The zero-order valence-corrected chi connectivity index (χ0v) is 20.3. The molecule has 0 radical (unpaired) electrons. The highest BCUT2D eigenvalue weighted by Crippen LogP contribution is 2.37. The van der Waals surface area contributed by atoms with Gasteiger partial charge in [0.2, 0.25) is 5.92 Å². The number of aromatic nitrogens is 4. The monoisotopic (exact) mass is 485 g/mol. The Labute approximate surface area is 202 Å². The quantitative estimate of drug-likeness (QED) is 0.594. The second kappa shape index (κ2) is 9.33. The van der Waals surface area contributed by atoms with Crippen molar-refractivity contribution >= 4 is 5.52 Å². The van der Waals surface area contributed by atoms with Gasteiger partial charge in [-0.25, -0.2) is 18.1 Å². The Morgan fingerprint density at radius 1 is 1.17 bits per heavy atom. The van der Waals surface area contributed by atoms with E-state index < -0.39 is 11.6 Å². The largest absolute Gasteiger partial charge is 0.333 e. The number of aromatic amines is 1. The van der Waals surface area contributed by atoms with Crippen molar-refractivity contribution in [1.82, 2.24) is 24.1 Å². The van der Waals surface area contributed by atoms with Crippen molar-refractivity contribution in [2.24, 2.45) is 11.8 Å². The molecule has 5 rings (SSSR count). The van der Waals surface area contributed by atoms with Gasteiger partial charge >= 0.3 is 5.69 Å². The van der Waals surface area contributed by atoms with Crippen LogP contribution in [0.2, 0.25) is 0 Å². The van der Waals surface area contributed by atoms with E-state index in [1.165, 1.54) is 10.1 Å². The lowest BCUT2D eigenvalue weighted by Gasteiger charge is -2.41. The Hall–Kier alpha value is -2.81. The number of aryl methyl sites for hydroxylation is 1. The average Bonchev–Trinajstić information content (AvgIpc) is 3.22. The van der Waals surface area contributed by atoms with Crippen LogP contribution in [0.1, 0.15) is 56.6 Å². The fourth-order valence-corrected chi connectivity index (χ4v) is 5.79. The van der Waals surface area contributed by atoms with Gasteiger partial charge in [-0.1, -0.05) is 0 Å². The van der Waals surface area contributed by atoms with Crippen molar-refractivity contribution in [3.05, 3.63) is 62.7 Å². The molecule has 1 saturated heterocycles. The summed E-state index contributed by atoms with van der Waals surface area (Å²) in [5.74, 6) is -1.53. The third-order valence-electron chi connectivity index (χ3n) is 7.92. The fraction of sp³-hybridized carbons (Fsp3) is 0.577. The summed E-state index contributed by atoms with van der Waals surface area (Å²) in [7, 11) is 0. The van der Waals surface area contributed by atoms with Crippen molar-refractivity contribution in [2.75, 3.05) is 13.1 Å². The summed E-state index contributed by atoms with van der Waals surface area (Å²) >= 11 is 0. The standard InChI is InChI=1S/C26H33F2N5O2/c1-17-15-32(25(35)30-24(17)34)23-14-29-33-10-6-21(13-22(23)33)12-20-5-9-31(18(2)11-20)16-19-3-7-26(27,28)8-4-19/h6,10,13-15,18-20H,3-5,7-9,11-12,16H2,1-2H3,(H,30,34,35)/t18-,20+/m0/s1. The van der Waals surface area contributed by atoms with Gasteiger partial charge in [0.15, 0.2) is 0 Å². The molecule has 9 heteroatoms. The zero-order valence-electron chi connectivity index (χ0n) is 20.3. The molecular formula is C26H33F2N5O2. The van der Waals surface area contributed by atoms with E-state index in [4.69, 9.17) is 0 Å². The number of hydrogen-bond acceptors (Lipinski definition) is 4. The highest BCUT2D eigenvalue weighted by atomic mass is 19.3. The maximum absolute atomic E-state index is 13.5. The smallest absolute Gasteiger partial charge is 0.300 e. The van der Waals surface area contributed by atoms with Gasteiger partial charge in [0, 0.05) is 43.4 Å². The average molecular weight is 486 g/mol. The molecule has 1 aliphatic heterocycles. The van der Waals surface area contributed by atoms with Crippen molar-refractivity contribution in [3.63, 3.8) is 0 Å². The highest BCUT2D eigenvalue weighted by Gasteiger charge is 2.36. The zero-order chi connectivity index (χ0) is 24.7. The maximum Gasteiger partial charge on any atom is 0.333 e. The number of nitrogens with one attached hydrogen (secondary N) is 1. The molecule has 2 aliphatic rings. The summed E-state index contributed by atoms with van der Waals surface area (Å²) in [5, 5.41) is 4.37. The van der Waals surface area contributed by atoms with Crippen LogP contribution < -0.4 is 11.2 Å². The maximum atomic E-state index is 13.5. The van der Waals surface area contributed by atoms with E-state index in [2.05, 4.69) is 34.0 Å². The predicted molar refractivity (Wildman–Crippen MR) is 131 cm³/mol. The number of pyridine rings is 1. The van der Waals surface area contributed by atoms with Crippen LogP contribution in [0.4, 0.5) is 8.78 Å². The predicted octanol–water partition coefficient (Wildman–Crippen LogP) is 3.95. The first-order valence-electron chi connectivity index (χ1n) is 12.6. The first-order valence-corrected chi connectivity index (χ1v) is 12.6. The summed E-state index contributed by atoms with van der Waals surface area (Å²) in [5.41, 5.74) is 2.23. The first kappa shape index (κ1) is 23.9. The number of piperidine rings is 1. The molecule has 0 spiro atoms. The van der Waals surface area contributed by atoms with Gasteiger partial charge in [0.05, 0.1) is 17.4 Å². The summed E-state index contributed by atoms with van der Waals surface area (Å²) in [6, 6.07) is 4.59. The SMILES string of the molecule is Cc1cn(-c2cnn3ccc(C[C@@H]4CCN(CC5CCC(F)(F)CC5)[C@@H](C)C4)cc23)c(=O)[nH]c1=O. The van der Waals surface area contributed by atoms with Gasteiger partial charge in [-0.2, -0.15) is 5.10 Å². The van der Waals surface area contributed by atoms with E-state index in [-0.39, 0.29) is 18.4 Å². The normalized spacial score (nSPS) is 23.7. The molecule has 1 N–H and O–H groups in total. The Bertz CT molecular complexity index is 1320. The third-order valence-corrected chi connectivity index (χ3v) is 7.92. The Kier molecular flexibility index (Phi) is 6.38. The number of rotatable bonds is 5. The van der Waals surface area contributed by atoms with E-state index in [0.29, 0.717) is 42.0 Å². The fourth-order valence-electron chi connectivity index (χ4n) is 5.79. The van der Waals surface area contributed by atoms with Crippen molar-refractivity contribution in [1.29, 1.82) is 0 Å². The lowest BCUT2D eigenvalue weighted by atomic mass is 9.83. The minimum Gasteiger partial charge on any atom is -0.300 e. The molecule has 4 heterocycles. The summed E-state index contributed by atoms with van der Waals surface area (Å²) in [6.45, 7) is 5.86. The number of halogens is 2. The van der Waals surface area contributed by atoms with Crippen molar-refractivity contribution in [2.45, 2.75) is 70.8 Å². The van der Waals surface area contributed by atoms with Gasteiger partial charge in [-0.05, 0) is 82.0 Å². The topological polar surface area (TPSA) is 75.4 Å². The molecule has 35 heavy (non-hydrogen) atoms.